The molecule has 3 rings (SSSR count). The molecule has 25 heavy (non-hydrogen) atoms. The highest BCUT2D eigenvalue weighted by molar-refractivity contribution is 6.45. The second-order valence-corrected chi connectivity index (χ2v) is 6.94. The first-order valence-electron chi connectivity index (χ1n) is 8.22. The number of halogens is 2. The van der Waals surface area contributed by atoms with Crippen LogP contribution in [0.2, 0.25) is 10.0 Å². The van der Waals surface area contributed by atoms with Gasteiger partial charge in [0.15, 0.2) is 5.78 Å². The van der Waals surface area contributed by atoms with Gasteiger partial charge in [-0.1, -0.05) is 48.7 Å². The van der Waals surface area contributed by atoms with Gasteiger partial charge in [-0.3, -0.25) is 4.79 Å². The lowest BCUT2D eigenvalue weighted by Crippen LogP contribution is -2.08. The molecule has 0 spiro atoms. The zero-order valence-corrected chi connectivity index (χ0v) is 15.3. The minimum atomic E-state index is -0.0117. The number of ether oxygens (including phenoxy) is 1. The predicted octanol–water partition coefficient (Wildman–Crippen LogP) is 5.60. The molecule has 2 aromatic rings. The van der Waals surface area contributed by atoms with Crippen molar-refractivity contribution in [3.05, 3.63) is 62.6 Å². The quantitative estimate of drug-likeness (QED) is 0.685. The fourth-order valence-electron chi connectivity index (χ4n) is 3.17. The van der Waals surface area contributed by atoms with E-state index in [9.17, 15) is 4.79 Å². The predicted molar refractivity (Wildman–Crippen MR) is 98.4 cm³/mol. The molecule has 0 aliphatic heterocycles. The third kappa shape index (κ3) is 3.51. The Labute approximate surface area is 157 Å². The first-order valence-corrected chi connectivity index (χ1v) is 8.97. The van der Waals surface area contributed by atoms with Crippen LogP contribution < -0.4 is 4.74 Å². The van der Waals surface area contributed by atoms with Crippen molar-refractivity contribution in [3.63, 3.8) is 0 Å². The molecule has 0 amide bonds. The zero-order chi connectivity index (χ0) is 18.0. The fourth-order valence-corrected chi connectivity index (χ4v) is 3.68. The van der Waals surface area contributed by atoms with Crippen LogP contribution in [-0.4, -0.2) is 5.78 Å². The van der Waals surface area contributed by atoms with Crippen molar-refractivity contribution in [2.75, 3.05) is 0 Å². The Balaban J connectivity index is 1.82. The Hall–Kier alpha value is -2.02. The second-order valence-electron chi connectivity index (χ2n) is 6.19. The van der Waals surface area contributed by atoms with Crippen LogP contribution in [0.1, 0.15) is 46.8 Å². The summed E-state index contributed by atoms with van der Waals surface area (Å²) in [5.41, 5.74) is 2.98. The summed E-state index contributed by atoms with van der Waals surface area (Å²) in [6.45, 7) is 2.38. The van der Waals surface area contributed by atoms with E-state index < -0.39 is 0 Å². The van der Waals surface area contributed by atoms with Gasteiger partial charge in [-0.25, -0.2) is 0 Å². The van der Waals surface area contributed by atoms with E-state index >= 15 is 0 Å². The Kier molecular flexibility index (Phi) is 5.32. The Morgan fingerprint density at radius 3 is 2.60 bits per heavy atom. The number of hydrogen-bond donors (Lipinski definition) is 0. The highest BCUT2D eigenvalue weighted by Crippen LogP contribution is 2.43. The standard InChI is InChI=1S/C20H17Cl2NO2/c1-2-3-14-8-15-9-16(18(21)19(22)17(15)20(14)24)25-11-13-6-4-12(10-23)5-7-13/h4-7,9,14H,2-3,8,11H2,1H3. The van der Waals surface area contributed by atoms with Crippen molar-refractivity contribution < 1.29 is 9.53 Å². The van der Waals surface area contributed by atoms with Gasteiger partial charge in [0.1, 0.15) is 17.4 Å². The molecule has 1 aliphatic rings. The number of benzene rings is 2. The van der Waals surface area contributed by atoms with E-state index in [-0.39, 0.29) is 21.7 Å². The van der Waals surface area contributed by atoms with E-state index in [0.29, 0.717) is 29.9 Å². The monoisotopic (exact) mass is 373 g/mol. The average molecular weight is 374 g/mol. The number of nitrogens with zero attached hydrogens (tertiary/aromatic N) is 1. The summed E-state index contributed by atoms with van der Waals surface area (Å²) in [6.07, 6.45) is 2.49. The van der Waals surface area contributed by atoms with Gasteiger partial charge in [-0.15, -0.1) is 0 Å². The van der Waals surface area contributed by atoms with Gasteiger partial charge in [-0.2, -0.15) is 5.26 Å². The minimum Gasteiger partial charge on any atom is -0.487 e. The van der Waals surface area contributed by atoms with Gasteiger partial charge in [0, 0.05) is 11.5 Å². The Morgan fingerprint density at radius 2 is 1.96 bits per heavy atom. The van der Waals surface area contributed by atoms with Crippen LogP contribution in [0.15, 0.2) is 30.3 Å². The first-order chi connectivity index (χ1) is 12.0. The van der Waals surface area contributed by atoms with Crippen molar-refractivity contribution in [2.45, 2.75) is 32.8 Å². The third-order valence-corrected chi connectivity index (χ3v) is 5.30. The van der Waals surface area contributed by atoms with Gasteiger partial charge < -0.3 is 4.74 Å². The first kappa shape index (κ1) is 17.8. The van der Waals surface area contributed by atoms with E-state index in [0.717, 1.165) is 24.0 Å². The lowest BCUT2D eigenvalue weighted by Gasteiger charge is -2.12. The van der Waals surface area contributed by atoms with Crippen molar-refractivity contribution in [2.24, 2.45) is 5.92 Å². The van der Waals surface area contributed by atoms with Crippen LogP contribution in [0, 0.1) is 17.2 Å². The molecule has 0 aromatic heterocycles. The topological polar surface area (TPSA) is 50.1 Å². The normalized spacial score (nSPS) is 15.8. The second kappa shape index (κ2) is 7.47. The lowest BCUT2D eigenvalue weighted by molar-refractivity contribution is 0.0930. The number of rotatable bonds is 5. The number of nitriles is 1. The summed E-state index contributed by atoms with van der Waals surface area (Å²) in [5.74, 6) is 0.560. The van der Waals surface area contributed by atoms with Gasteiger partial charge in [0.2, 0.25) is 0 Å². The van der Waals surface area contributed by atoms with Crippen LogP contribution in [0.5, 0.6) is 5.75 Å². The largest absolute Gasteiger partial charge is 0.487 e. The molecule has 0 saturated carbocycles. The van der Waals surface area contributed by atoms with E-state index in [2.05, 4.69) is 13.0 Å². The highest BCUT2D eigenvalue weighted by atomic mass is 35.5. The van der Waals surface area contributed by atoms with Crippen LogP contribution in [0.4, 0.5) is 0 Å². The summed E-state index contributed by atoms with van der Waals surface area (Å²) in [4.78, 5) is 12.5. The maximum Gasteiger partial charge on any atom is 0.168 e. The maximum atomic E-state index is 12.5. The molecule has 1 atom stereocenters. The summed E-state index contributed by atoms with van der Waals surface area (Å²) in [5, 5.41) is 9.40. The summed E-state index contributed by atoms with van der Waals surface area (Å²) >= 11 is 12.7. The number of ketones is 1. The molecule has 1 unspecified atom stereocenters. The van der Waals surface area contributed by atoms with Gasteiger partial charge in [-0.05, 0) is 42.2 Å². The third-order valence-electron chi connectivity index (χ3n) is 4.45. The number of Topliss-reactive ketones (excluding diaryl/α,β-unsaturated/α-hetero) is 1. The molecule has 3 nitrogen and oxygen atoms in total. The smallest absolute Gasteiger partial charge is 0.168 e. The summed E-state index contributed by atoms with van der Waals surface area (Å²) < 4.78 is 5.82. The van der Waals surface area contributed by atoms with Gasteiger partial charge in [0.25, 0.3) is 0 Å². The maximum absolute atomic E-state index is 12.5. The van der Waals surface area contributed by atoms with E-state index in [4.69, 9.17) is 33.2 Å². The SMILES string of the molecule is CCCC1Cc2cc(OCc3ccc(C#N)cc3)c(Cl)c(Cl)c2C1=O. The molecule has 2 aromatic carbocycles. The summed E-state index contributed by atoms with van der Waals surface area (Å²) in [7, 11) is 0. The van der Waals surface area contributed by atoms with E-state index in [1.165, 1.54) is 0 Å². The van der Waals surface area contributed by atoms with Crippen LogP contribution in [0.25, 0.3) is 0 Å². The molecular formula is C20H17Cl2NO2. The van der Waals surface area contributed by atoms with Crippen molar-refractivity contribution in [1.82, 2.24) is 0 Å². The fraction of sp³-hybridized carbons (Fsp3) is 0.300. The average Bonchev–Trinajstić information content (AvgIpc) is 2.93. The summed E-state index contributed by atoms with van der Waals surface area (Å²) in [6, 6.07) is 11.1. The molecule has 5 heteroatoms. The van der Waals surface area contributed by atoms with Crippen LogP contribution >= 0.6 is 23.2 Å². The molecule has 128 valence electrons. The lowest BCUT2D eigenvalue weighted by atomic mass is 10.00. The van der Waals surface area contributed by atoms with Crippen molar-refractivity contribution in [3.8, 4) is 11.8 Å². The molecule has 0 saturated heterocycles. The van der Waals surface area contributed by atoms with Crippen molar-refractivity contribution >= 4 is 29.0 Å². The van der Waals surface area contributed by atoms with Crippen LogP contribution in [0.3, 0.4) is 0 Å². The number of carbonyl (C=O) groups is 1. The van der Waals surface area contributed by atoms with E-state index in [1.54, 1.807) is 12.1 Å². The Bertz CT molecular complexity index is 853. The number of carbonyl (C=O) groups excluding carboxylic acids is 1. The zero-order valence-electron chi connectivity index (χ0n) is 13.8. The molecule has 0 heterocycles. The molecule has 0 N–H and O–H groups in total. The molecular weight excluding hydrogens is 357 g/mol. The van der Waals surface area contributed by atoms with Crippen LogP contribution in [-0.2, 0) is 13.0 Å². The van der Waals surface area contributed by atoms with Gasteiger partial charge in [0.05, 0.1) is 16.7 Å². The minimum absolute atomic E-state index is 0.0117. The Morgan fingerprint density at radius 1 is 1.24 bits per heavy atom. The molecule has 0 fully saturated rings. The van der Waals surface area contributed by atoms with E-state index in [1.807, 2.05) is 18.2 Å². The highest BCUT2D eigenvalue weighted by Gasteiger charge is 2.34. The molecule has 0 radical (unpaired) electrons. The molecule has 1 aliphatic carbocycles. The van der Waals surface area contributed by atoms with Gasteiger partial charge >= 0.3 is 0 Å². The number of hydrogen-bond acceptors (Lipinski definition) is 3. The molecule has 0 bridgehead atoms. The number of fused-ring (bicyclic) bond motifs is 1. The van der Waals surface area contributed by atoms with Crippen molar-refractivity contribution in [1.29, 1.82) is 5.26 Å².